The summed E-state index contributed by atoms with van der Waals surface area (Å²) in [4.78, 5) is 23.0. The van der Waals surface area contributed by atoms with Crippen molar-refractivity contribution in [3.8, 4) is 0 Å². The first-order valence-corrected chi connectivity index (χ1v) is 8.27. The van der Waals surface area contributed by atoms with Gasteiger partial charge in [0.1, 0.15) is 0 Å². The van der Waals surface area contributed by atoms with Crippen molar-refractivity contribution in [1.29, 1.82) is 0 Å². The molecule has 2 saturated carbocycles. The Morgan fingerprint density at radius 1 is 1.36 bits per heavy atom. The van der Waals surface area contributed by atoms with Crippen LogP contribution >= 0.6 is 0 Å². The lowest BCUT2D eigenvalue weighted by Gasteiger charge is -2.28. The van der Waals surface area contributed by atoms with Crippen molar-refractivity contribution in [3.05, 3.63) is 17.5 Å². The van der Waals surface area contributed by atoms with Crippen molar-refractivity contribution in [2.75, 3.05) is 19.0 Å². The topological polar surface area (TPSA) is 58.1 Å². The lowest BCUT2D eigenvalue weighted by atomic mass is 9.84. The van der Waals surface area contributed by atoms with Gasteiger partial charge in [0, 0.05) is 26.3 Å². The van der Waals surface area contributed by atoms with Crippen molar-refractivity contribution < 1.29 is 4.79 Å². The summed E-state index contributed by atoms with van der Waals surface area (Å²) >= 11 is 0. The Kier molecular flexibility index (Phi) is 4.06. The largest absolute Gasteiger partial charge is 0.349 e. The minimum atomic E-state index is -0.0434. The highest BCUT2D eigenvalue weighted by molar-refractivity contribution is 5.95. The zero-order chi connectivity index (χ0) is 15.9. The van der Waals surface area contributed by atoms with Gasteiger partial charge in [0.2, 0.25) is 5.95 Å². The third-order valence-corrected chi connectivity index (χ3v) is 5.41. The van der Waals surface area contributed by atoms with Crippen molar-refractivity contribution in [3.63, 3.8) is 0 Å². The molecule has 0 aromatic carbocycles. The molecule has 0 saturated heterocycles. The van der Waals surface area contributed by atoms with Crippen molar-refractivity contribution in [1.82, 2.24) is 15.3 Å². The molecule has 0 radical (unpaired) electrons. The van der Waals surface area contributed by atoms with Crippen LogP contribution in [-0.2, 0) is 0 Å². The molecule has 22 heavy (non-hydrogen) atoms. The van der Waals surface area contributed by atoms with E-state index in [1.54, 1.807) is 6.20 Å². The van der Waals surface area contributed by atoms with E-state index >= 15 is 0 Å². The minimum absolute atomic E-state index is 0.0434. The van der Waals surface area contributed by atoms with Gasteiger partial charge >= 0.3 is 0 Å². The molecule has 0 aliphatic heterocycles. The lowest BCUT2D eigenvalue weighted by Crippen LogP contribution is -2.40. The Labute approximate surface area is 132 Å². The summed E-state index contributed by atoms with van der Waals surface area (Å²) in [6.07, 6.45) is 7.02. The Morgan fingerprint density at radius 3 is 2.68 bits per heavy atom. The maximum atomic E-state index is 12.5. The lowest BCUT2D eigenvalue weighted by molar-refractivity contribution is 0.0914. The van der Waals surface area contributed by atoms with E-state index in [9.17, 15) is 4.79 Å². The molecule has 1 aromatic heterocycles. The van der Waals surface area contributed by atoms with E-state index in [0.717, 1.165) is 17.5 Å². The van der Waals surface area contributed by atoms with Gasteiger partial charge in [-0.05, 0) is 50.9 Å². The van der Waals surface area contributed by atoms with Crippen LogP contribution in [0.25, 0.3) is 0 Å². The molecule has 5 heteroatoms. The van der Waals surface area contributed by atoms with Crippen LogP contribution in [0.4, 0.5) is 5.95 Å². The molecule has 2 fully saturated rings. The number of nitrogens with one attached hydrogen (secondary N) is 1. The zero-order valence-electron chi connectivity index (χ0n) is 14.0. The standard InChI is InChI=1S/C17H26N4O/c1-10(14-8-12-5-6-13(14)7-12)19-16(22)15-9-18-17(21(3)4)20-11(15)2/h9-10,12-14H,5-8H2,1-4H3,(H,19,22)/t10-,12-,13-,14+/m0/s1. The Hall–Kier alpha value is -1.65. The molecule has 0 spiro atoms. The van der Waals surface area contributed by atoms with E-state index in [1.165, 1.54) is 25.7 Å². The number of nitrogens with zero attached hydrogens (tertiary/aromatic N) is 3. The summed E-state index contributed by atoms with van der Waals surface area (Å²) < 4.78 is 0. The van der Waals surface area contributed by atoms with Gasteiger partial charge in [0.05, 0.1) is 11.3 Å². The maximum Gasteiger partial charge on any atom is 0.254 e. The SMILES string of the molecule is Cc1nc(N(C)C)ncc1C(=O)N[C@@H](C)[C@H]1C[C@H]2CC[C@H]1C2. The summed E-state index contributed by atoms with van der Waals surface area (Å²) in [5.41, 5.74) is 1.32. The molecule has 3 rings (SSSR count). The summed E-state index contributed by atoms with van der Waals surface area (Å²) in [6, 6.07) is 0.232. The molecule has 1 aromatic rings. The van der Waals surface area contributed by atoms with Gasteiger partial charge in [0.15, 0.2) is 0 Å². The highest BCUT2D eigenvalue weighted by atomic mass is 16.1. The molecule has 1 amide bonds. The van der Waals surface area contributed by atoms with Crippen molar-refractivity contribution in [2.24, 2.45) is 17.8 Å². The van der Waals surface area contributed by atoms with E-state index in [1.807, 2.05) is 25.9 Å². The second-order valence-corrected chi connectivity index (χ2v) is 7.16. The maximum absolute atomic E-state index is 12.5. The van der Waals surface area contributed by atoms with Crippen molar-refractivity contribution in [2.45, 2.75) is 45.6 Å². The predicted molar refractivity (Wildman–Crippen MR) is 87.0 cm³/mol. The van der Waals surface area contributed by atoms with Gasteiger partial charge in [-0.15, -0.1) is 0 Å². The second-order valence-electron chi connectivity index (χ2n) is 7.16. The zero-order valence-corrected chi connectivity index (χ0v) is 14.0. The smallest absolute Gasteiger partial charge is 0.254 e. The van der Waals surface area contributed by atoms with E-state index in [2.05, 4.69) is 22.2 Å². The van der Waals surface area contributed by atoms with E-state index in [4.69, 9.17) is 0 Å². The fourth-order valence-corrected chi connectivity index (χ4v) is 4.19. The van der Waals surface area contributed by atoms with Crippen LogP contribution in [0.3, 0.4) is 0 Å². The number of amides is 1. The molecule has 2 aliphatic carbocycles. The van der Waals surface area contributed by atoms with Gasteiger partial charge in [-0.25, -0.2) is 9.97 Å². The highest BCUT2D eigenvalue weighted by Gasteiger charge is 2.42. The minimum Gasteiger partial charge on any atom is -0.349 e. The summed E-state index contributed by atoms with van der Waals surface area (Å²) in [5, 5.41) is 3.18. The first-order chi connectivity index (χ1) is 10.5. The number of aryl methyl sites for hydroxylation is 1. The number of hydrogen-bond donors (Lipinski definition) is 1. The van der Waals surface area contributed by atoms with Crippen molar-refractivity contribution >= 4 is 11.9 Å². The quantitative estimate of drug-likeness (QED) is 0.928. The Balaban J connectivity index is 1.66. The summed E-state index contributed by atoms with van der Waals surface area (Å²) in [7, 11) is 3.79. The number of carbonyl (C=O) groups excluding carboxylic acids is 1. The predicted octanol–water partition coefficient (Wildman–Crippen LogP) is 2.41. The number of fused-ring (bicyclic) bond motifs is 2. The molecule has 2 bridgehead atoms. The number of carbonyl (C=O) groups is 1. The second kappa shape index (κ2) is 5.86. The third-order valence-electron chi connectivity index (χ3n) is 5.41. The van der Waals surface area contributed by atoms with E-state index in [0.29, 0.717) is 17.4 Å². The fourth-order valence-electron chi connectivity index (χ4n) is 4.19. The van der Waals surface area contributed by atoms with Gasteiger partial charge in [-0.2, -0.15) is 0 Å². The Bertz CT molecular complexity index is 572. The first-order valence-electron chi connectivity index (χ1n) is 8.27. The third kappa shape index (κ3) is 2.81. The average molecular weight is 302 g/mol. The molecule has 120 valence electrons. The molecule has 4 atom stereocenters. The number of hydrogen-bond acceptors (Lipinski definition) is 4. The molecular weight excluding hydrogens is 276 g/mol. The van der Waals surface area contributed by atoms with E-state index < -0.39 is 0 Å². The van der Waals surface area contributed by atoms with Gasteiger partial charge in [-0.3, -0.25) is 4.79 Å². The molecule has 2 aliphatic rings. The molecule has 5 nitrogen and oxygen atoms in total. The van der Waals surface area contributed by atoms with Crippen LogP contribution in [0.2, 0.25) is 0 Å². The summed E-state index contributed by atoms with van der Waals surface area (Å²) in [5.74, 6) is 2.95. The van der Waals surface area contributed by atoms with Crippen LogP contribution in [0, 0.1) is 24.7 Å². The van der Waals surface area contributed by atoms with Crippen LogP contribution < -0.4 is 10.2 Å². The van der Waals surface area contributed by atoms with Crippen LogP contribution in [0.15, 0.2) is 6.20 Å². The van der Waals surface area contributed by atoms with Gasteiger partial charge in [-0.1, -0.05) is 6.42 Å². The first kappa shape index (κ1) is 15.3. The number of rotatable bonds is 4. The molecule has 1 N–H and O–H groups in total. The molecule has 1 heterocycles. The number of anilines is 1. The molecular formula is C17H26N4O. The van der Waals surface area contributed by atoms with E-state index in [-0.39, 0.29) is 11.9 Å². The highest BCUT2D eigenvalue weighted by Crippen LogP contribution is 2.49. The summed E-state index contributed by atoms with van der Waals surface area (Å²) in [6.45, 7) is 4.01. The fraction of sp³-hybridized carbons (Fsp3) is 0.706. The average Bonchev–Trinajstić information content (AvgIpc) is 3.09. The van der Waals surface area contributed by atoms with Crippen LogP contribution in [-0.4, -0.2) is 36.0 Å². The Morgan fingerprint density at radius 2 is 2.14 bits per heavy atom. The molecule has 0 unspecified atom stereocenters. The van der Waals surface area contributed by atoms with Gasteiger partial charge < -0.3 is 10.2 Å². The monoisotopic (exact) mass is 302 g/mol. The number of aromatic nitrogens is 2. The van der Waals surface area contributed by atoms with Crippen LogP contribution in [0.1, 0.15) is 48.7 Å². The van der Waals surface area contributed by atoms with Crippen LogP contribution in [0.5, 0.6) is 0 Å². The normalized spacial score (nSPS) is 27.7. The van der Waals surface area contributed by atoms with Gasteiger partial charge in [0.25, 0.3) is 5.91 Å².